The molecule has 0 saturated heterocycles. The number of amides is 1. The van der Waals surface area contributed by atoms with Gasteiger partial charge in [-0.3, -0.25) is 4.79 Å². The SMILES string of the molecule is CC(CCc1ccccc1)NC(=O)CCc1ccc(Cl)cc1. The van der Waals surface area contributed by atoms with E-state index in [0.29, 0.717) is 6.42 Å². The highest BCUT2D eigenvalue weighted by Crippen LogP contribution is 2.11. The minimum absolute atomic E-state index is 0.107. The zero-order valence-electron chi connectivity index (χ0n) is 12.9. The quantitative estimate of drug-likeness (QED) is 0.805. The summed E-state index contributed by atoms with van der Waals surface area (Å²) in [5.74, 6) is 0.107. The van der Waals surface area contributed by atoms with Crippen molar-refractivity contribution in [3.05, 3.63) is 70.7 Å². The molecule has 0 aromatic heterocycles. The first-order valence-electron chi connectivity index (χ1n) is 7.71. The average molecular weight is 316 g/mol. The molecule has 0 radical (unpaired) electrons. The molecule has 0 fully saturated rings. The number of carbonyl (C=O) groups excluding carboxylic acids is 1. The number of hydrogen-bond donors (Lipinski definition) is 1. The predicted octanol–water partition coefficient (Wildman–Crippen LogP) is 4.41. The van der Waals surface area contributed by atoms with Gasteiger partial charge < -0.3 is 5.32 Å². The van der Waals surface area contributed by atoms with Crippen LogP contribution in [-0.4, -0.2) is 11.9 Å². The maximum absolute atomic E-state index is 12.0. The van der Waals surface area contributed by atoms with Crippen LogP contribution >= 0.6 is 11.6 Å². The summed E-state index contributed by atoms with van der Waals surface area (Å²) in [5.41, 5.74) is 2.45. The van der Waals surface area contributed by atoms with Crippen LogP contribution in [0.15, 0.2) is 54.6 Å². The summed E-state index contributed by atoms with van der Waals surface area (Å²) >= 11 is 5.85. The van der Waals surface area contributed by atoms with Gasteiger partial charge in [0.1, 0.15) is 0 Å². The molecule has 22 heavy (non-hydrogen) atoms. The highest BCUT2D eigenvalue weighted by atomic mass is 35.5. The van der Waals surface area contributed by atoms with E-state index in [1.807, 2.05) is 42.5 Å². The van der Waals surface area contributed by atoms with Crippen LogP contribution < -0.4 is 5.32 Å². The zero-order chi connectivity index (χ0) is 15.8. The van der Waals surface area contributed by atoms with Crippen molar-refractivity contribution in [1.29, 1.82) is 0 Å². The van der Waals surface area contributed by atoms with Crippen molar-refractivity contribution in [2.75, 3.05) is 0 Å². The summed E-state index contributed by atoms with van der Waals surface area (Å²) < 4.78 is 0. The number of halogens is 1. The second kappa shape index (κ2) is 8.60. The van der Waals surface area contributed by atoms with Crippen molar-refractivity contribution in [3.8, 4) is 0 Å². The van der Waals surface area contributed by atoms with Crippen LogP contribution in [-0.2, 0) is 17.6 Å². The fourth-order valence-electron chi connectivity index (χ4n) is 2.36. The summed E-state index contributed by atoms with van der Waals surface area (Å²) in [6.45, 7) is 2.06. The Morgan fingerprint density at radius 1 is 1.00 bits per heavy atom. The van der Waals surface area contributed by atoms with Gasteiger partial charge >= 0.3 is 0 Å². The molecule has 1 atom stereocenters. The van der Waals surface area contributed by atoms with Gasteiger partial charge in [-0.05, 0) is 49.4 Å². The topological polar surface area (TPSA) is 29.1 Å². The number of aryl methyl sites for hydroxylation is 2. The third-order valence-electron chi connectivity index (χ3n) is 3.67. The third kappa shape index (κ3) is 5.90. The molecule has 116 valence electrons. The van der Waals surface area contributed by atoms with E-state index in [0.717, 1.165) is 29.8 Å². The first-order valence-corrected chi connectivity index (χ1v) is 8.09. The summed E-state index contributed by atoms with van der Waals surface area (Å²) in [7, 11) is 0. The van der Waals surface area contributed by atoms with Crippen molar-refractivity contribution in [3.63, 3.8) is 0 Å². The van der Waals surface area contributed by atoms with Gasteiger partial charge in [-0.25, -0.2) is 0 Å². The molecule has 0 aliphatic carbocycles. The van der Waals surface area contributed by atoms with Crippen molar-refractivity contribution in [1.82, 2.24) is 5.32 Å². The van der Waals surface area contributed by atoms with Crippen molar-refractivity contribution < 1.29 is 4.79 Å². The molecule has 2 aromatic rings. The molecule has 0 aliphatic rings. The summed E-state index contributed by atoms with van der Waals surface area (Å²) in [4.78, 5) is 12.0. The van der Waals surface area contributed by atoms with Crippen LogP contribution in [0.1, 0.15) is 30.9 Å². The number of rotatable bonds is 7. The monoisotopic (exact) mass is 315 g/mol. The lowest BCUT2D eigenvalue weighted by Crippen LogP contribution is -2.33. The Kier molecular flexibility index (Phi) is 6.47. The summed E-state index contributed by atoms with van der Waals surface area (Å²) in [6.07, 6.45) is 3.20. The molecule has 2 rings (SSSR count). The Bertz CT molecular complexity index is 580. The molecule has 1 unspecified atom stereocenters. The molecule has 2 nitrogen and oxygen atoms in total. The molecule has 0 bridgehead atoms. The van der Waals surface area contributed by atoms with Gasteiger partial charge in [0.05, 0.1) is 0 Å². The van der Waals surface area contributed by atoms with Crippen LogP contribution in [0.3, 0.4) is 0 Å². The van der Waals surface area contributed by atoms with Crippen LogP contribution in [0.5, 0.6) is 0 Å². The zero-order valence-corrected chi connectivity index (χ0v) is 13.6. The lowest BCUT2D eigenvalue weighted by Gasteiger charge is -2.14. The molecule has 0 saturated carbocycles. The van der Waals surface area contributed by atoms with Gasteiger partial charge in [0, 0.05) is 17.5 Å². The van der Waals surface area contributed by atoms with Crippen LogP contribution in [0, 0.1) is 0 Å². The van der Waals surface area contributed by atoms with Gasteiger partial charge in [-0.2, -0.15) is 0 Å². The standard InChI is InChI=1S/C19H22ClNO/c1-15(7-8-16-5-3-2-4-6-16)21-19(22)14-11-17-9-12-18(20)13-10-17/h2-6,9-10,12-13,15H,7-8,11,14H2,1H3,(H,21,22). The van der Waals surface area contributed by atoms with E-state index in [-0.39, 0.29) is 11.9 Å². The lowest BCUT2D eigenvalue weighted by atomic mass is 10.1. The molecule has 0 spiro atoms. The normalized spacial score (nSPS) is 11.9. The first kappa shape index (κ1) is 16.6. The predicted molar refractivity (Wildman–Crippen MR) is 92.1 cm³/mol. The van der Waals surface area contributed by atoms with Gasteiger partial charge in [0.15, 0.2) is 0 Å². The molecule has 2 aromatic carbocycles. The molecule has 0 heterocycles. The smallest absolute Gasteiger partial charge is 0.220 e. The van der Waals surface area contributed by atoms with Gasteiger partial charge in [-0.1, -0.05) is 54.1 Å². The molecule has 0 aliphatic heterocycles. The number of nitrogens with one attached hydrogen (secondary N) is 1. The fraction of sp³-hybridized carbons (Fsp3) is 0.316. The number of hydrogen-bond acceptors (Lipinski definition) is 1. The van der Waals surface area contributed by atoms with Crippen LogP contribution in [0.2, 0.25) is 5.02 Å². The molecule has 1 amide bonds. The van der Waals surface area contributed by atoms with Crippen molar-refractivity contribution in [2.45, 2.75) is 38.6 Å². The molecular formula is C19H22ClNO. The second-order valence-electron chi connectivity index (χ2n) is 5.62. The number of carbonyl (C=O) groups is 1. The highest BCUT2D eigenvalue weighted by molar-refractivity contribution is 6.30. The van der Waals surface area contributed by atoms with Gasteiger partial charge in [-0.15, -0.1) is 0 Å². The van der Waals surface area contributed by atoms with E-state index < -0.39 is 0 Å². The van der Waals surface area contributed by atoms with Gasteiger partial charge in [0.25, 0.3) is 0 Å². The van der Waals surface area contributed by atoms with E-state index in [9.17, 15) is 4.79 Å². The lowest BCUT2D eigenvalue weighted by molar-refractivity contribution is -0.121. The summed E-state index contributed by atoms with van der Waals surface area (Å²) in [6, 6.07) is 18.2. The Morgan fingerprint density at radius 3 is 2.32 bits per heavy atom. The third-order valence-corrected chi connectivity index (χ3v) is 3.92. The fourth-order valence-corrected chi connectivity index (χ4v) is 2.48. The summed E-state index contributed by atoms with van der Waals surface area (Å²) in [5, 5.41) is 3.79. The average Bonchev–Trinajstić information content (AvgIpc) is 2.53. The van der Waals surface area contributed by atoms with E-state index in [1.165, 1.54) is 5.56 Å². The number of benzene rings is 2. The Hall–Kier alpha value is -1.80. The van der Waals surface area contributed by atoms with Gasteiger partial charge in [0.2, 0.25) is 5.91 Å². The maximum atomic E-state index is 12.0. The van der Waals surface area contributed by atoms with Crippen LogP contribution in [0.4, 0.5) is 0 Å². The van der Waals surface area contributed by atoms with E-state index >= 15 is 0 Å². The Labute approximate surface area is 137 Å². The molecule has 3 heteroatoms. The van der Waals surface area contributed by atoms with E-state index in [1.54, 1.807) is 0 Å². The minimum atomic E-state index is 0.107. The first-order chi connectivity index (χ1) is 10.6. The second-order valence-corrected chi connectivity index (χ2v) is 6.06. The highest BCUT2D eigenvalue weighted by Gasteiger charge is 2.08. The van der Waals surface area contributed by atoms with E-state index in [2.05, 4.69) is 24.4 Å². The Morgan fingerprint density at radius 2 is 1.64 bits per heavy atom. The van der Waals surface area contributed by atoms with Crippen LogP contribution in [0.25, 0.3) is 0 Å². The van der Waals surface area contributed by atoms with Crippen molar-refractivity contribution in [2.24, 2.45) is 0 Å². The minimum Gasteiger partial charge on any atom is -0.354 e. The Balaban J connectivity index is 1.68. The molecule has 1 N–H and O–H groups in total. The van der Waals surface area contributed by atoms with E-state index in [4.69, 9.17) is 11.6 Å². The maximum Gasteiger partial charge on any atom is 0.220 e. The molecular weight excluding hydrogens is 294 g/mol. The largest absolute Gasteiger partial charge is 0.354 e. The van der Waals surface area contributed by atoms with Crippen molar-refractivity contribution >= 4 is 17.5 Å².